The van der Waals surface area contributed by atoms with Gasteiger partial charge in [-0.05, 0) is 55.5 Å². The van der Waals surface area contributed by atoms with Gasteiger partial charge >= 0.3 is 6.18 Å². The number of hydrogen-bond donors (Lipinski definition) is 3. The van der Waals surface area contributed by atoms with Crippen LogP contribution in [0.1, 0.15) is 36.8 Å². The molecule has 0 bridgehead atoms. The third-order valence-electron chi connectivity index (χ3n) is 6.80. The molecule has 1 saturated carbocycles. The molecule has 38 heavy (non-hydrogen) atoms. The van der Waals surface area contributed by atoms with E-state index in [9.17, 15) is 13.2 Å². The lowest BCUT2D eigenvalue weighted by Crippen LogP contribution is -2.38. The van der Waals surface area contributed by atoms with Gasteiger partial charge in [0.15, 0.2) is 0 Å². The Hall–Kier alpha value is -3.66. The van der Waals surface area contributed by atoms with E-state index in [4.69, 9.17) is 15.7 Å². The van der Waals surface area contributed by atoms with Gasteiger partial charge in [0.2, 0.25) is 5.95 Å². The van der Waals surface area contributed by atoms with Crippen molar-refractivity contribution in [1.82, 2.24) is 15.3 Å². The van der Waals surface area contributed by atoms with Crippen LogP contribution in [0.4, 0.5) is 24.9 Å². The number of halogens is 3. The quantitative estimate of drug-likeness (QED) is 0.355. The summed E-state index contributed by atoms with van der Waals surface area (Å²) in [7, 11) is 5.60. The highest BCUT2D eigenvalue weighted by molar-refractivity contribution is 5.91. The van der Waals surface area contributed by atoms with Crippen molar-refractivity contribution in [2.45, 2.75) is 43.9 Å². The predicted molar refractivity (Wildman–Crippen MR) is 149 cm³/mol. The highest BCUT2D eigenvalue weighted by atomic mass is 19.4. The van der Waals surface area contributed by atoms with Crippen molar-refractivity contribution in [1.29, 1.82) is 0 Å². The maximum Gasteiger partial charge on any atom is 0.416 e. The molecule has 1 aliphatic carbocycles. The highest BCUT2D eigenvalue weighted by Crippen LogP contribution is 2.30. The van der Waals surface area contributed by atoms with Crippen molar-refractivity contribution in [2.24, 2.45) is 10.7 Å². The fourth-order valence-electron chi connectivity index (χ4n) is 4.73. The van der Waals surface area contributed by atoms with Crippen molar-refractivity contribution in [3.8, 4) is 0 Å². The summed E-state index contributed by atoms with van der Waals surface area (Å²) in [6.07, 6.45) is 1.12. The molecule has 2 aromatic carbocycles. The van der Waals surface area contributed by atoms with Crippen molar-refractivity contribution >= 4 is 34.6 Å². The maximum atomic E-state index is 12.9. The minimum absolute atomic E-state index is 0.272. The van der Waals surface area contributed by atoms with E-state index in [1.54, 1.807) is 13.3 Å². The molecule has 1 aromatic heterocycles. The second-order valence-corrected chi connectivity index (χ2v) is 9.76. The van der Waals surface area contributed by atoms with Crippen molar-refractivity contribution in [3.63, 3.8) is 0 Å². The summed E-state index contributed by atoms with van der Waals surface area (Å²) in [6.45, 7) is 0.479. The fourth-order valence-corrected chi connectivity index (χ4v) is 4.73. The topological polar surface area (TPSA) is 91.5 Å². The number of rotatable bonds is 8. The Morgan fingerprint density at radius 2 is 1.68 bits per heavy atom. The zero-order valence-corrected chi connectivity index (χ0v) is 21.9. The molecule has 0 radical (unpaired) electrons. The van der Waals surface area contributed by atoms with Gasteiger partial charge in [-0.25, -0.2) is 4.98 Å². The Labute approximate surface area is 221 Å². The highest BCUT2D eigenvalue weighted by Gasteiger charge is 2.30. The monoisotopic (exact) mass is 525 g/mol. The molecule has 1 fully saturated rings. The van der Waals surface area contributed by atoms with Gasteiger partial charge in [-0.2, -0.15) is 18.2 Å². The second-order valence-electron chi connectivity index (χ2n) is 9.76. The Morgan fingerprint density at radius 3 is 2.32 bits per heavy atom. The third kappa shape index (κ3) is 6.61. The molecule has 0 saturated heterocycles. The van der Waals surface area contributed by atoms with E-state index >= 15 is 0 Å². The molecule has 202 valence electrons. The first-order chi connectivity index (χ1) is 18.2. The van der Waals surface area contributed by atoms with Crippen LogP contribution < -0.4 is 21.3 Å². The number of fused-ring (bicyclic) bond motifs is 1. The average molecular weight is 526 g/mol. The van der Waals surface area contributed by atoms with Gasteiger partial charge in [-0.1, -0.05) is 24.3 Å². The van der Waals surface area contributed by atoms with E-state index in [1.165, 1.54) is 12.1 Å². The van der Waals surface area contributed by atoms with Crippen LogP contribution >= 0.6 is 0 Å². The van der Waals surface area contributed by atoms with Crippen molar-refractivity contribution in [3.05, 3.63) is 65.2 Å². The fraction of sp³-hybridized carbons (Fsp3) is 0.393. The van der Waals surface area contributed by atoms with Crippen LogP contribution in [0.15, 0.2) is 59.1 Å². The van der Waals surface area contributed by atoms with E-state index in [1.807, 2.05) is 43.3 Å². The first-order valence-corrected chi connectivity index (χ1v) is 12.7. The van der Waals surface area contributed by atoms with E-state index < -0.39 is 11.7 Å². The molecule has 1 aliphatic rings. The normalized spacial score (nSPS) is 19.0. The minimum atomic E-state index is -4.38. The van der Waals surface area contributed by atoms with Gasteiger partial charge in [0.25, 0.3) is 0 Å². The summed E-state index contributed by atoms with van der Waals surface area (Å²) in [5.74, 6) is 1.52. The molecule has 4 rings (SSSR count). The Kier molecular flexibility index (Phi) is 8.51. The summed E-state index contributed by atoms with van der Waals surface area (Å²) >= 11 is 0. The Balaban J connectivity index is 1.36. The maximum absolute atomic E-state index is 12.9. The van der Waals surface area contributed by atoms with Gasteiger partial charge in [0.1, 0.15) is 5.82 Å². The number of aromatic nitrogens is 2. The molecule has 1 heterocycles. The lowest BCUT2D eigenvalue weighted by molar-refractivity contribution is -0.137. The number of alkyl halides is 3. The van der Waals surface area contributed by atoms with Gasteiger partial charge in [-0.3, -0.25) is 4.99 Å². The lowest BCUT2D eigenvalue weighted by atomic mass is 9.91. The molecular weight excluding hydrogens is 491 g/mol. The Bertz CT molecular complexity index is 1290. The molecule has 0 unspecified atom stereocenters. The van der Waals surface area contributed by atoms with Crippen LogP contribution in [0.3, 0.4) is 0 Å². The van der Waals surface area contributed by atoms with Crippen LogP contribution in [-0.4, -0.2) is 56.0 Å². The van der Waals surface area contributed by atoms with Crippen LogP contribution in [-0.2, 0) is 6.18 Å². The zero-order valence-electron chi connectivity index (χ0n) is 21.9. The number of benzene rings is 2. The average Bonchev–Trinajstić information content (AvgIpc) is 2.90. The Morgan fingerprint density at radius 1 is 1.03 bits per heavy atom. The van der Waals surface area contributed by atoms with Gasteiger partial charge in [0.05, 0.1) is 11.1 Å². The summed E-state index contributed by atoms with van der Waals surface area (Å²) in [6, 6.07) is 13.5. The summed E-state index contributed by atoms with van der Waals surface area (Å²) in [4.78, 5) is 15.6. The first kappa shape index (κ1) is 27.4. The number of nitrogens with two attached hydrogens (primary N) is 1. The molecule has 0 aliphatic heterocycles. The number of para-hydroxylation sites is 1. The standard InChI is InChI=1S/C28H34F3N7/c1-33-16-19(25(32)18-8-10-20(11-9-18)28(29,30)31)17-34-21-12-14-22(15-13-21)35-27-36-24-7-5-4-6-23(24)26(37-27)38(2)3/h4-11,16,21-22,34H,12-15,17,32H2,1-3H3,(H,35,36,37). The summed E-state index contributed by atoms with van der Waals surface area (Å²) < 4.78 is 38.7. The molecular formula is C28H34F3N7. The smallest absolute Gasteiger partial charge is 0.398 e. The van der Waals surface area contributed by atoms with Crippen molar-refractivity contribution < 1.29 is 13.2 Å². The molecule has 0 amide bonds. The van der Waals surface area contributed by atoms with E-state index in [-0.39, 0.29) is 6.04 Å². The molecule has 10 heteroatoms. The summed E-state index contributed by atoms with van der Waals surface area (Å²) in [5.41, 5.74) is 8.23. The van der Waals surface area contributed by atoms with E-state index in [0.29, 0.717) is 29.8 Å². The van der Waals surface area contributed by atoms with E-state index in [0.717, 1.165) is 60.1 Å². The molecule has 7 nitrogen and oxygen atoms in total. The van der Waals surface area contributed by atoms with Crippen LogP contribution in [0.5, 0.6) is 0 Å². The summed E-state index contributed by atoms with van der Waals surface area (Å²) in [5, 5.41) is 8.09. The van der Waals surface area contributed by atoms with Crippen LogP contribution in [0, 0.1) is 0 Å². The van der Waals surface area contributed by atoms with Crippen LogP contribution in [0.25, 0.3) is 16.6 Å². The lowest BCUT2D eigenvalue weighted by Gasteiger charge is -2.30. The van der Waals surface area contributed by atoms with Gasteiger partial charge in [0, 0.05) is 62.6 Å². The zero-order chi connectivity index (χ0) is 27.3. The SMILES string of the molecule is CN=CC(CNC1CCC(Nc2nc(N(C)C)c3ccccc3n2)CC1)=C(N)c1ccc(C(F)(F)F)cc1. The number of nitrogens with one attached hydrogen (secondary N) is 2. The van der Waals surface area contributed by atoms with Gasteiger partial charge in [-0.15, -0.1) is 0 Å². The number of hydrogen-bond acceptors (Lipinski definition) is 7. The number of aliphatic imine (C=N–C) groups is 1. The minimum Gasteiger partial charge on any atom is -0.398 e. The predicted octanol–water partition coefficient (Wildman–Crippen LogP) is 5.10. The largest absolute Gasteiger partial charge is 0.416 e. The molecule has 4 N–H and O–H groups in total. The molecule has 0 spiro atoms. The molecule has 0 atom stereocenters. The molecule has 3 aromatic rings. The number of anilines is 2. The van der Waals surface area contributed by atoms with Crippen LogP contribution in [0.2, 0.25) is 0 Å². The second kappa shape index (κ2) is 11.8. The van der Waals surface area contributed by atoms with Gasteiger partial charge < -0.3 is 21.3 Å². The van der Waals surface area contributed by atoms with Crippen molar-refractivity contribution in [2.75, 3.05) is 37.9 Å². The number of nitrogens with zero attached hydrogens (tertiary/aromatic N) is 4. The van der Waals surface area contributed by atoms with E-state index in [2.05, 4.69) is 15.6 Å². The third-order valence-corrected chi connectivity index (χ3v) is 6.80. The first-order valence-electron chi connectivity index (χ1n) is 12.7.